The molecule has 1 saturated carbocycles. The predicted molar refractivity (Wildman–Crippen MR) is 71.1 cm³/mol. The topological polar surface area (TPSA) is 30.5 Å². The third-order valence-corrected chi connectivity index (χ3v) is 3.46. The third-order valence-electron chi connectivity index (χ3n) is 3.46. The summed E-state index contributed by atoms with van der Waals surface area (Å²) >= 11 is 0. The second kappa shape index (κ2) is 9.86. The summed E-state index contributed by atoms with van der Waals surface area (Å²) in [5.41, 5.74) is 0. The molecule has 1 N–H and O–H groups in total. The van der Waals surface area contributed by atoms with E-state index >= 15 is 0 Å². The fourth-order valence-corrected chi connectivity index (χ4v) is 2.57. The Balaban J connectivity index is 1.93. The number of hydrogen-bond donors (Lipinski definition) is 1. The first-order chi connectivity index (χ1) is 8.36. The molecule has 0 amide bonds. The summed E-state index contributed by atoms with van der Waals surface area (Å²) in [6.45, 7) is 7.35. The van der Waals surface area contributed by atoms with Gasteiger partial charge >= 0.3 is 0 Å². The lowest BCUT2D eigenvalue weighted by Gasteiger charge is -2.17. The Labute approximate surface area is 106 Å². The minimum Gasteiger partial charge on any atom is -0.352 e. The molecule has 17 heavy (non-hydrogen) atoms. The van der Waals surface area contributed by atoms with Crippen LogP contribution in [0.2, 0.25) is 0 Å². The Kier molecular flexibility index (Phi) is 8.67. The molecular weight excluding hydrogens is 214 g/mol. The molecule has 102 valence electrons. The normalized spacial score (nSPS) is 17.1. The van der Waals surface area contributed by atoms with E-state index in [2.05, 4.69) is 5.32 Å². The first-order valence-corrected chi connectivity index (χ1v) is 7.30. The van der Waals surface area contributed by atoms with Crippen LogP contribution in [-0.2, 0) is 9.47 Å². The lowest BCUT2D eigenvalue weighted by atomic mass is 10.0. The quantitative estimate of drug-likeness (QED) is 0.473. The van der Waals surface area contributed by atoms with E-state index in [1.54, 1.807) is 0 Å². The van der Waals surface area contributed by atoms with Crippen LogP contribution in [-0.4, -0.2) is 32.6 Å². The van der Waals surface area contributed by atoms with E-state index in [0.29, 0.717) is 13.2 Å². The van der Waals surface area contributed by atoms with Crippen molar-refractivity contribution in [2.24, 2.45) is 5.92 Å². The Morgan fingerprint density at radius 1 is 1.12 bits per heavy atom. The van der Waals surface area contributed by atoms with Crippen molar-refractivity contribution in [1.82, 2.24) is 5.32 Å². The molecular formula is C14H29NO2. The third kappa shape index (κ3) is 7.02. The highest BCUT2D eigenvalue weighted by molar-refractivity contribution is 4.67. The standard InChI is InChI=1S/C14H29NO2/c1-3-16-14(17-4-2)12-15-11-7-10-13-8-5-6-9-13/h13-15H,3-12H2,1-2H3. The summed E-state index contributed by atoms with van der Waals surface area (Å²) in [6, 6.07) is 0. The van der Waals surface area contributed by atoms with Gasteiger partial charge in [-0.05, 0) is 39.2 Å². The van der Waals surface area contributed by atoms with E-state index in [9.17, 15) is 0 Å². The predicted octanol–water partition coefficient (Wildman–Crippen LogP) is 2.95. The smallest absolute Gasteiger partial charge is 0.169 e. The van der Waals surface area contributed by atoms with Gasteiger partial charge in [0.05, 0.1) is 0 Å². The average Bonchev–Trinajstić information content (AvgIpc) is 2.82. The van der Waals surface area contributed by atoms with Crippen LogP contribution < -0.4 is 5.32 Å². The highest BCUT2D eigenvalue weighted by atomic mass is 16.7. The number of ether oxygens (including phenoxy) is 2. The van der Waals surface area contributed by atoms with Gasteiger partial charge in [0, 0.05) is 19.8 Å². The highest BCUT2D eigenvalue weighted by Gasteiger charge is 2.14. The fourth-order valence-electron chi connectivity index (χ4n) is 2.57. The second-order valence-electron chi connectivity index (χ2n) is 4.84. The molecule has 3 heteroatoms. The fraction of sp³-hybridized carbons (Fsp3) is 1.00. The van der Waals surface area contributed by atoms with Gasteiger partial charge in [-0.3, -0.25) is 0 Å². The lowest BCUT2D eigenvalue weighted by Crippen LogP contribution is -2.32. The lowest BCUT2D eigenvalue weighted by molar-refractivity contribution is -0.132. The van der Waals surface area contributed by atoms with Gasteiger partial charge in [0.2, 0.25) is 0 Å². The molecule has 0 aliphatic heterocycles. The van der Waals surface area contributed by atoms with E-state index < -0.39 is 0 Å². The molecule has 0 unspecified atom stereocenters. The van der Waals surface area contributed by atoms with Gasteiger partial charge in [0.1, 0.15) is 0 Å². The largest absolute Gasteiger partial charge is 0.352 e. The van der Waals surface area contributed by atoms with Crippen molar-refractivity contribution in [1.29, 1.82) is 0 Å². The van der Waals surface area contributed by atoms with Crippen LogP contribution in [0.5, 0.6) is 0 Å². The van der Waals surface area contributed by atoms with Crippen LogP contribution >= 0.6 is 0 Å². The van der Waals surface area contributed by atoms with E-state index in [-0.39, 0.29) is 6.29 Å². The minimum absolute atomic E-state index is 0.0727. The van der Waals surface area contributed by atoms with Crippen LogP contribution in [0, 0.1) is 5.92 Å². The van der Waals surface area contributed by atoms with Crippen LogP contribution in [0.1, 0.15) is 52.4 Å². The minimum atomic E-state index is -0.0727. The molecule has 0 saturated heterocycles. The van der Waals surface area contributed by atoms with Gasteiger partial charge in [0.15, 0.2) is 6.29 Å². The molecule has 1 aliphatic carbocycles. The summed E-state index contributed by atoms with van der Waals surface area (Å²) in [5, 5.41) is 3.43. The molecule has 0 aromatic heterocycles. The Bertz CT molecular complexity index is 164. The van der Waals surface area contributed by atoms with Crippen LogP contribution in [0.15, 0.2) is 0 Å². The number of hydrogen-bond acceptors (Lipinski definition) is 3. The van der Waals surface area contributed by atoms with E-state index in [0.717, 1.165) is 19.0 Å². The molecule has 0 heterocycles. The van der Waals surface area contributed by atoms with E-state index in [1.165, 1.54) is 38.5 Å². The Morgan fingerprint density at radius 2 is 1.76 bits per heavy atom. The molecule has 0 atom stereocenters. The van der Waals surface area contributed by atoms with Crippen molar-refractivity contribution >= 4 is 0 Å². The summed E-state index contributed by atoms with van der Waals surface area (Å²) in [6.07, 6.45) is 8.43. The summed E-state index contributed by atoms with van der Waals surface area (Å²) in [7, 11) is 0. The van der Waals surface area contributed by atoms with Crippen LogP contribution in [0.4, 0.5) is 0 Å². The summed E-state index contributed by atoms with van der Waals surface area (Å²) in [5.74, 6) is 1.01. The first kappa shape index (κ1) is 14.9. The summed E-state index contributed by atoms with van der Waals surface area (Å²) < 4.78 is 11.0. The monoisotopic (exact) mass is 243 g/mol. The molecule has 3 nitrogen and oxygen atoms in total. The highest BCUT2D eigenvalue weighted by Crippen LogP contribution is 2.28. The zero-order chi connectivity index (χ0) is 12.3. The van der Waals surface area contributed by atoms with Gasteiger partial charge in [-0.15, -0.1) is 0 Å². The maximum atomic E-state index is 5.48. The Hall–Kier alpha value is -0.120. The molecule has 0 aromatic carbocycles. The van der Waals surface area contributed by atoms with E-state index in [1.807, 2.05) is 13.8 Å². The summed E-state index contributed by atoms with van der Waals surface area (Å²) in [4.78, 5) is 0. The van der Waals surface area contributed by atoms with Crippen LogP contribution in [0.3, 0.4) is 0 Å². The van der Waals surface area contributed by atoms with Gasteiger partial charge in [-0.2, -0.15) is 0 Å². The number of rotatable bonds is 10. The SMILES string of the molecule is CCOC(CNCCCC1CCCC1)OCC. The first-order valence-electron chi connectivity index (χ1n) is 7.30. The maximum Gasteiger partial charge on any atom is 0.169 e. The van der Waals surface area contributed by atoms with Crippen molar-refractivity contribution < 1.29 is 9.47 Å². The molecule has 0 aromatic rings. The molecule has 0 radical (unpaired) electrons. The van der Waals surface area contributed by atoms with Crippen molar-refractivity contribution in [3.63, 3.8) is 0 Å². The Morgan fingerprint density at radius 3 is 2.35 bits per heavy atom. The molecule has 0 spiro atoms. The van der Waals surface area contributed by atoms with Gasteiger partial charge in [-0.25, -0.2) is 0 Å². The molecule has 0 bridgehead atoms. The van der Waals surface area contributed by atoms with Crippen molar-refractivity contribution in [3.05, 3.63) is 0 Å². The number of nitrogens with one attached hydrogen (secondary N) is 1. The maximum absolute atomic E-state index is 5.48. The van der Waals surface area contributed by atoms with E-state index in [4.69, 9.17) is 9.47 Å². The second-order valence-corrected chi connectivity index (χ2v) is 4.84. The molecule has 1 aliphatic rings. The van der Waals surface area contributed by atoms with Gasteiger partial charge in [0.25, 0.3) is 0 Å². The van der Waals surface area contributed by atoms with Gasteiger partial charge < -0.3 is 14.8 Å². The van der Waals surface area contributed by atoms with Gasteiger partial charge in [-0.1, -0.05) is 25.7 Å². The molecule has 1 fully saturated rings. The van der Waals surface area contributed by atoms with Crippen molar-refractivity contribution in [3.8, 4) is 0 Å². The van der Waals surface area contributed by atoms with Crippen molar-refractivity contribution in [2.75, 3.05) is 26.3 Å². The molecule has 1 rings (SSSR count). The zero-order valence-corrected chi connectivity index (χ0v) is 11.5. The average molecular weight is 243 g/mol. The zero-order valence-electron chi connectivity index (χ0n) is 11.5. The van der Waals surface area contributed by atoms with Crippen molar-refractivity contribution in [2.45, 2.75) is 58.7 Å². The van der Waals surface area contributed by atoms with Crippen LogP contribution in [0.25, 0.3) is 0 Å².